The molecule has 2 aromatic rings. The highest BCUT2D eigenvalue weighted by Gasteiger charge is 2.30. The fourth-order valence-corrected chi connectivity index (χ4v) is 4.85. The van der Waals surface area contributed by atoms with Crippen molar-refractivity contribution in [2.24, 2.45) is 0 Å². The van der Waals surface area contributed by atoms with Gasteiger partial charge in [-0.25, -0.2) is 8.42 Å². The molecule has 1 N–H and O–H groups in total. The van der Waals surface area contributed by atoms with Gasteiger partial charge in [0, 0.05) is 17.9 Å². The fraction of sp³-hybridized carbons (Fsp3) is 0.333. The number of carbonyl (C=O) groups excluding carboxylic acids is 1. The Labute approximate surface area is 148 Å². The smallest absolute Gasteiger partial charge is 0.267 e. The Morgan fingerprint density at radius 1 is 1.38 bits per heavy atom. The zero-order valence-corrected chi connectivity index (χ0v) is 15.8. The molecule has 0 aliphatic carbocycles. The lowest BCUT2D eigenvalue weighted by atomic mass is 10.1. The number of nitrogens with one attached hydrogen (secondary N) is 1. The standard InChI is InChI=1S/C15H16BrN3O4S/c1-8-15(9(2)23-17-8)24(21,22)18-13-7-12(16)6-11-4-5-19(10(3)20)14(11)13/h6-7,18H,4-5H2,1-3H3. The number of anilines is 2. The van der Waals surface area contributed by atoms with E-state index in [4.69, 9.17) is 4.52 Å². The van der Waals surface area contributed by atoms with Crippen molar-refractivity contribution < 1.29 is 17.7 Å². The molecule has 0 atom stereocenters. The molecule has 0 bridgehead atoms. The van der Waals surface area contributed by atoms with E-state index in [1.165, 1.54) is 6.92 Å². The summed E-state index contributed by atoms with van der Waals surface area (Å²) >= 11 is 3.39. The second kappa shape index (κ2) is 5.89. The SMILES string of the molecule is CC(=O)N1CCc2cc(Br)cc(NS(=O)(=O)c3c(C)noc3C)c21. The van der Waals surface area contributed by atoms with E-state index in [9.17, 15) is 13.2 Å². The zero-order chi connectivity index (χ0) is 17.6. The topological polar surface area (TPSA) is 92.5 Å². The molecule has 24 heavy (non-hydrogen) atoms. The first kappa shape index (κ1) is 17.0. The number of carbonyl (C=O) groups is 1. The van der Waals surface area contributed by atoms with Crippen LogP contribution >= 0.6 is 15.9 Å². The average molecular weight is 414 g/mol. The summed E-state index contributed by atoms with van der Waals surface area (Å²) in [7, 11) is -3.88. The summed E-state index contributed by atoms with van der Waals surface area (Å²) in [6, 6.07) is 3.54. The molecule has 3 rings (SSSR count). The average Bonchev–Trinajstić information content (AvgIpc) is 3.02. The Morgan fingerprint density at radius 2 is 2.08 bits per heavy atom. The Bertz CT molecular complexity index is 917. The Hall–Kier alpha value is -1.87. The number of amides is 1. The van der Waals surface area contributed by atoms with E-state index in [2.05, 4.69) is 25.8 Å². The first-order valence-electron chi connectivity index (χ1n) is 7.27. The van der Waals surface area contributed by atoms with E-state index in [1.807, 2.05) is 6.07 Å². The molecule has 1 amide bonds. The minimum Gasteiger partial charge on any atom is -0.360 e. The van der Waals surface area contributed by atoms with Gasteiger partial charge in [0.15, 0.2) is 10.7 Å². The zero-order valence-electron chi connectivity index (χ0n) is 13.4. The van der Waals surface area contributed by atoms with Crippen LogP contribution in [-0.2, 0) is 21.2 Å². The maximum absolute atomic E-state index is 12.8. The summed E-state index contributed by atoms with van der Waals surface area (Å²) in [6.45, 7) is 5.10. The van der Waals surface area contributed by atoms with Crippen LogP contribution in [0.4, 0.5) is 11.4 Å². The van der Waals surface area contributed by atoms with E-state index in [0.717, 1.165) is 10.0 Å². The van der Waals surface area contributed by atoms with Crippen molar-refractivity contribution in [2.45, 2.75) is 32.1 Å². The normalized spacial score (nSPS) is 13.9. The Morgan fingerprint density at radius 3 is 2.67 bits per heavy atom. The molecule has 2 heterocycles. The molecule has 0 radical (unpaired) electrons. The van der Waals surface area contributed by atoms with Gasteiger partial charge in [0.25, 0.3) is 10.0 Å². The summed E-state index contributed by atoms with van der Waals surface area (Å²) in [5, 5.41) is 3.69. The van der Waals surface area contributed by atoms with Gasteiger partial charge in [0.05, 0.1) is 11.4 Å². The van der Waals surface area contributed by atoms with E-state index in [0.29, 0.717) is 24.3 Å². The quantitative estimate of drug-likeness (QED) is 0.834. The molecule has 0 fully saturated rings. The van der Waals surface area contributed by atoms with Crippen molar-refractivity contribution in [3.05, 3.63) is 33.6 Å². The molecule has 1 aromatic carbocycles. The van der Waals surface area contributed by atoms with E-state index in [1.54, 1.807) is 24.8 Å². The second-order valence-corrected chi connectivity index (χ2v) is 8.18. The van der Waals surface area contributed by atoms with Crippen molar-refractivity contribution in [3.8, 4) is 0 Å². The molecule has 0 unspecified atom stereocenters. The summed E-state index contributed by atoms with van der Waals surface area (Å²) in [5.41, 5.74) is 2.15. The van der Waals surface area contributed by atoms with Gasteiger partial charge >= 0.3 is 0 Å². The minimum atomic E-state index is -3.88. The third-order valence-corrected chi connectivity index (χ3v) is 5.96. The monoisotopic (exact) mass is 413 g/mol. The van der Waals surface area contributed by atoms with Crippen LogP contribution in [0, 0.1) is 13.8 Å². The number of aromatic nitrogens is 1. The number of nitrogens with zero attached hydrogens (tertiary/aromatic N) is 2. The molecule has 0 saturated carbocycles. The predicted molar refractivity (Wildman–Crippen MR) is 92.7 cm³/mol. The Balaban J connectivity index is 2.10. The van der Waals surface area contributed by atoms with Crippen molar-refractivity contribution in [3.63, 3.8) is 0 Å². The van der Waals surface area contributed by atoms with E-state index < -0.39 is 10.0 Å². The van der Waals surface area contributed by atoms with Crippen molar-refractivity contribution in [1.82, 2.24) is 5.16 Å². The lowest BCUT2D eigenvalue weighted by Gasteiger charge is -2.20. The summed E-state index contributed by atoms with van der Waals surface area (Å²) in [6.07, 6.45) is 0.675. The number of aryl methyl sites for hydroxylation is 2. The molecule has 9 heteroatoms. The highest BCUT2D eigenvalue weighted by atomic mass is 79.9. The van der Waals surface area contributed by atoms with E-state index >= 15 is 0 Å². The predicted octanol–water partition coefficient (Wildman–Crippen LogP) is 2.76. The molecular weight excluding hydrogens is 398 g/mol. The van der Waals surface area contributed by atoms with Crippen LogP contribution in [0.25, 0.3) is 0 Å². The van der Waals surface area contributed by atoms with Gasteiger partial charge in [-0.05, 0) is 38.0 Å². The third-order valence-electron chi connectivity index (χ3n) is 3.89. The molecule has 128 valence electrons. The van der Waals surface area contributed by atoms with Crippen molar-refractivity contribution in [1.29, 1.82) is 0 Å². The highest BCUT2D eigenvalue weighted by molar-refractivity contribution is 9.10. The first-order chi connectivity index (χ1) is 11.2. The van der Waals surface area contributed by atoms with Gasteiger partial charge in [-0.2, -0.15) is 0 Å². The van der Waals surface area contributed by atoms with Crippen LogP contribution < -0.4 is 9.62 Å². The number of benzene rings is 1. The molecule has 1 aliphatic rings. The number of halogens is 1. The number of fused-ring (bicyclic) bond motifs is 1. The van der Waals surface area contributed by atoms with Gasteiger partial charge in [-0.15, -0.1) is 0 Å². The number of hydrogen-bond acceptors (Lipinski definition) is 5. The van der Waals surface area contributed by atoms with E-state index in [-0.39, 0.29) is 22.3 Å². The highest BCUT2D eigenvalue weighted by Crippen LogP contribution is 2.39. The van der Waals surface area contributed by atoms with Crippen LogP contribution in [0.1, 0.15) is 23.9 Å². The minimum absolute atomic E-state index is 0.0172. The lowest BCUT2D eigenvalue weighted by molar-refractivity contribution is -0.116. The number of rotatable bonds is 3. The molecular formula is C15H16BrN3O4S. The fourth-order valence-electron chi connectivity index (χ4n) is 2.96. The Kier molecular flexibility index (Phi) is 4.16. The lowest BCUT2D eigenvalue weighted by Crippen LogP contribution is -2.27. The molecule has 1 aliphatic heterocycles. The number of hydrogen-bond donors (Lipinski definition) is 1. The van der Waals surface area contributed by atoms with Crippen LogP contribution in [0.15, 0.2) is 26.0 Å². The molecule has 0 spiro atoms. The van der Waals surface area contributed by atoms with Crippen LogP contribution in [0.2, 0.25) is 0 Å². The van der Waals surface area contributed by atoms with Crippen LogP contribution in [-0.4, -0.2) is 26.0 Å². The van der Waals surface area contributed by atoms with Gasteiger partial charge in [-0.1, -0.05) is 21.1 Å². The largest absolute Gasteiger partial charge is 0.360 e. The molecule has 7 nitrogen and oxygen atoms in total. The van der Waals surface area contributed by atoms with Crippen molar-refractivity contribution >= 4 is 43.2 Å². The third kappa shape index (κ3) is 2.82. The van der Waals surface area contributed by atoms with Gasteiger partial charge in [-0.3, -0.25) is 9.52 Å². The first-order valence-corrected chi connectivity index (χ1v) is 9.54. The van der Waals surface area contributed by atoms with Crippen molar-refractivity contribution in [2.75, 3.05) is 16.2 Å². The summed E-state index contributed by atoms with van der Waals surface area (Å²) in [4.78, 5) is 13.5. The second-order valence-electron chi connectivity index (χ2n) is 5.64. The maximum atomic E-state index is 12.8. The van der Waals surface area contributed by atoms with Gasteiger partial charge in [0.1, 0.15) is 5.69 Å². The maximum Gasteiger partial charge on any atom is 0.267 e. The van der Waals surface area contributed by atoms with Gasteiger partial charge < -0.3 is 9.42 Å². The molecule has 1 aromatic heterocycles. The van der Waals surface area contributed by atoms with Crippen LogP contribution in [0.3, 0.4) is 0 Å². The summed E-state index contributed by atoms with van der Waals surface area (Å²) in [5.74, 6) is 0.0870. The van der Waals surface area contributed by atoms with Gasteiger partial charge in [0.2, 0.25) is 5.91 Å². The molecule has 0 saturated heterocycles. The van der Waals surface area contributed by atoms with Crippen LogP contribution in [0.5, 0.6) is 0 Å². The number of sulfonamides is 1. The summed E-state index contributed by atoms with van der Waals surface area (Å²) < 4.78 is 33.8.